The van der Waals surface area contributed by atoms with E-state index in [1.165, 1.54) is 6.08 Å². The van der Waals surface area contributed by atoms with Gasteiger partial charge in [-0.05, 0) is 52.7 Å². The Bertz CT molecular complexity index is 612. The van der Waals surface area contributed by atoms with E-state index in [9.17, 15) is 9.59 Å². The van der Waals surface area contributed by atoms with Crippen molar-refractivity contribution < 1.29 is 19.4 Å². The molecular weight excluding hydrogens is 276 g/mol. The van der Waals surface area contributed by atoms with Crippen molar-refractivity contribution in [3.63, 3.8) is 0 Å². The molecule has 0 radical (unpaired) electrons. The second kappa shape index (κ2) is 6.68. The van der Waals surface area contributed by atoms with E-state index < -0.39 is 12.6 Å². The number of aliphatic carboxylic acids is 1. The molecule has 0 saturated carbocycles. The average Bonchev–Trinajstić information content (AvgIpc) is 2.96. The highest BCUT2D eigenvalue weighted by molar-refractivity contribution is 7.08. The summed E-state index contributed by atoms with van der Waals surface area (Å²) in [4.78, 5) is 22.3. The molecule has 0 fully saturated rings. The molecule has 0 aliphatic rings. The molecule has 0 spiro atoms. The Morgan fingerprint density at radius 1 is 1.20 bits per heavy atom. The first-order valence-corrected chi connectivity index (χ1v) is 6.79. The van der Waals surface area contributed by atoms with E-state index in [4.69, 9.17) is 9.84 Å². The van der Waals surface area contributed by atoms with Crippen LogP contribution in [0.5, 0.6) is 5.75 Å². The fraction of sp³-hybridized carbons (Fsp3) is 0.0667. The molecule has 0 saturated heterocycles. The van der Waals surface area contributed by atoms with Gasteiger partial charge in [0.1, 0.15) is 5.75 Å². The van der Waals surface area contributed by atoms with Gasteiger partial charge in [0, 0.05) is 5.56 Å². The van der Waals surface area contributed by atoms with Crippen LogP contribution in [0, 0.1) is 0 Å². The Labute approximate surface area is 119 Å². The lowest BCUT2D eigenvalue weighted by molar-refractivity contribution is -0.139. The molecule has 0 aliphatic carbocycles. The summed E-state index contributed by atoms with van der Waals surface area (Å²) in [5, 5.41) is 12.4. The summed E-state index contributed by atoms with van der Waals surface area (Å²) in [6, 6.07) is 8.30. The van der Waals surface area contributed by atoms with E-state index in [2.05, 4.69) is 0 Å². The number of thiophene rings is 1. The fourth-order valence-electron chi connectivity index (χ4n) is 1.50. The summed E-state index contributed by atoms with van der Waals surface area (Å²) in [5.74, 6) is -0.726. The van der Waals surface area contributed by atoms with Gasteiger partial charge in [0.15, 0.2) is 12.4 Å². The number of rotatable bonds is 6. The van der Waals surface area contributed by atoms with Gasteiger partial charge in [-0.3, -0.25) is 4.79 Å². The molecule has 0 atom stereocenters. The molecule has 2 rings (SSSR count). The van der Waals surface area contributed by atoms with Crippen LogP contribution in [0.15, 0.2) is 47.2 Å². The van der Waals surface area contributed by atoms with Crippen LogP contribution in [-0.2, 0) is 4.79 Å². The minimum Gasteiger partial charge on any atom is -0.482 e. The van der Waals surface area contributed by atoms with E-state index in [0.29, 0.717) is 11.3 Å². The largest absolute Gasteiger partial charge is 0.482 e. The van der Waals surface area contributed by atoms with E-state index in [0.717, 1.165) is 5.56 Å². The average molecular weight is 288 g/mol. The molecule has 0 aliphatic heterocycles. The number of hydrogen-bond acceptors (Lipinski definition) is 4. The van der Waals surface area contributed by atoms with Crippen LogP contribution in [0.25, 0.3) is 6.08 Å². The van der Waals surface area contributed by atoms with Crippen molar-refractivity contribution >= 4 is 29.2 Å². The number of carbonyl (C=O) groups excluding carboxylic acids is 1. The zero-order valence-corrected chi connectivity index (χ0v) is 11.3. The molecule has 1 N–H and O–H groups in total. The summed E-state index contributed by atoms with van der Waals surface area (Å²) in [6.45, 7) is -0.397. The number of ketones is 1. The van der Waals surface area contributed by atoms with Crippen molar-refractivity contribution in [3.8, 4) is 5.75 Å². The molecule has 2 aromatic rings. The lowest BCUT2D eigenvalue weighted by Gasteiger charge is -2.03. The number of carboxylic acids is 1. The normalized spacial score (nSPS) is 10.6. The van der Waals surface area contributed by atoms with E-state index in [1.54, 1.807) is 41.7 Å². The highest BCUT2D eigenvalue weighted by Gasteiger charge is 2.03. The quantitative estimate of drug-likeness (QED) is 0.655. The van der Waals surface area contributed by atoms with E-state index >= 15 is 0 Å². The van der Waals surface area contributed by atoms with Crippen molar-refractivity contribution in [2.24, 2.45) is 0 Å². The Morgan fingerprint density at radius 2 is 1.95 bits per heavy atom. The molecular formula is C15H12O4S. The summed E-state index contributed by atoms with van der Waals surface area (Å²) in [6.07, 6.45) is 3.27. The van der Waals surface area contributed by atoms with Crippen LogP contribution in [0.1, 0.15) is 15.9 Å². The third-order valence-electron chi connectivity index (χ3n) is 2.47. The van der Waals surface area contributed by atoms with Gasteiger partial charge in [0.25, 0.3) is 0 Å². The maximum atomic E-state index is 11.9. The van der Waals surface area contributed by atoms with Gasteiger partial charge >= 0.3 is 5.97 Å². The highest BCUT2D eigenvalue weighted by atomic mass is 32.1. The summed E-state index contributed by atoms with van der Waals surface area (Å²) < 4.78 is 4.99. The third kappa shape index (κ3) is 4.07. The van der Waals surface area contributed by atoms with Crippen LogP contribution >= 0.6 is 11.3 Å². The predicted octanol–water partition coefficient (Wildman–Crippen LogP) is 3.11. The van der Waals surface area contributed by atoms with Crippen LogP contribution < -0.4 is 4.74 Å². The van der Waals surface area contributed by atoms with Crippen LogP contribution in [-0.4, -0.2) is 23.5 Å². The van der Waals surface area contributed by atoms with Crippen LogP contribution in [0.2, 0.25) is 0 Å². The van der Waals surface area contributed by atoms with Gasteiger partial charge in [0.05, 0.1) is 0 Å². The summed E-state index contributed by atoms with van der Waals surface area (Å²) in [5.41, 5.74) is 1.52. The second-order valence-electron chi connectivity index (χ2n) is 3.96. The molecule has 0 amide bonds. The minimum absolute atomic E-state index is 0.110. The van der Waals surface area contributed by atoms with E-state index in [-0.39, 0.29) is 5.78 Å². The van der Waals surface area contributed by atoms with Gasteiger partial charge < -0.3 is 9.84 Å². The Balaban J connectivity index is 1.98. The first-order valence-electron chi connectivity index (χ1n) is 5.84. The zero-order valence-electron chi connectivity index (χ0n) is 10.5. The monoisotopic (exact) mass is 288 g/mol. The van der Waals surface area contributed by atoms with Crippen molar-refractivity contribution in [3.05, 3.63) is 58.3 Å². The van der Waals surface area contributed by atoms with Crippen molar-refractivity contribution in [2.45, 2.75) is 0 Å². The van der Waals surface area contributed by atoms with Gasteiger partial charge in [-0.15, -0.1) is 0 Å². The maximum Gasteiger partial charge on any atom is 0.341 e. The molecule has 1 aromatic carbocycles. The number of benzene rings is 1. The SMILES string of the molecule is O=C(O)COc1ccc(C(=O)/C=C/c2ccsc2)cc1. The number of allylic oxidation sites excluding steroid dienone is 1. The Hall–Kier alpha value is -2.40. The molecule has 1 aromatic heterocycles. The number of hydrogen-bond donors (Lipinski definition) is 1. The molecule has 20 heavy (non-hydrogen) atoms. The first-order chi connectivity index (χ1) is 9.65. The predicted molar refractivity (Wildman–Crippen MR) is 77.3 cm³/mol. The topological polar surface area (TPSA) is 63.6 Å². The summed E-state index contributed by atoms with van der Waals surface area (Å²) >= 11 is 1.57. The van der Waals surface area contributed by atoms with Crippen molar-refractivity contribution in [2.75, 3.05) is 6.61 Å². The van der Waals surface area contributed by atoms with Gasteiger partial charge in [0.2, 0.25) is 0 Å². The standard InChI is InChI=1S/C15H12O4S/c16-14(6-1-11-7-8-20-10-11)12-2-4-13(5-3-12)19-9-15(17)18/h1-8,10H,9H2,(H,17,18)/b6-1+. The van der Waals surface area contributed by atoms with Crippen LogP contribution in [0.4, 0.5) is 0 Å². The Kier molecular flexibility index (Phi) is 4.68. The molecule has 0 unspecified atom stereocenters. The van der Waals surface area contributed by atoms with Gasteiger partial charge in [-0.2, -0.15) is 11.3 Å². The number of carboxylic acid groups (broad SMARTS) is 1. The zero-order chi connectivity index (χ0) is 14.4. The third-order valence-corrected chi connectivity index (χ3v) is 3.17. The second-order valence-corrected chi connectivity index (χ2v) is 4.74. The highest BCUT2D eigenvalue weighted by Crippen LogP contribution is 2.14. The van der Waals surface area contributed by atoms with Gasteiger partial charge in [-0.25, -0.2) is 4.79 Å². The lowest BCUT2D eigenvalue weighted by Crippen LogP contribution is -2.09. The molecule has 0 bridgehead atoms. The number of carbonyl (C=O) groups is 2. The van der Waals surface area contributed by atoms with Crippen molar-refractivity contribution in [1.82, 2.24) is 0 Å². The molecule has 102 valence electrons. The molecule has 5 heteroatoms. The Morgan fingerprint density at radius 3 is 2.55 bits per heavy atom. The fourth-order valence-corrected chi connectivity index (χ4v) is 2.13. The summed E-state index contributed by atoms with van der Waals surface area (Å²) in [7, 11) is 0. The first kappa shape index (κ1) is 14.0. The molecule has 1 heterocycles. The lowest BCUT2D eigenvalue weighted by atomic mass is 10.1. The van der Waals surface area contributed by atoms with Crippen molar-refractivity contribution in [1.29, 1.82) is 0 Å². The van der Waals surface area contributed by atoms with E-state index in [1.807, 2.05) is 16.8 Å². The minimum atomic E-state index is -1.04. The smallest absolute Gasteiger partial charge is 0.341 e. The molecule has 4 nitrogen and oxygen atoms in total. The van der Waals surface area contributed by atoms with Crippen LogP contribution in [0.3, 0.4) is 0 Å². The number of ether oxygens (including phenoxy) is 1. The maximum absolute atomic E-state index is 11.9. The van der Waals surface area contributed by atoms with Gasteiger partial charge in [-0.1, -0.05) is 6.08 Å².